The topological polar surface area (TPSA) is 118 Å². The number of likely N-dealkylation sites (tertiary alicyclic amines) is 1. The van der Waals surface area contributed by atoms with Gasteiger partial charge >= 0.3 is 0 Å². The van der Waals surface area contributed by atoms with Crippen molar-refractivity contribution >= 4 is 5.96 Å². The minimum Gasteiger partial charge on any atom is -0.357 e. The van der Waals surface area contributed by atoms with Crippen molar-refractivity contribution in [2.45, 2.75) is 32.0 Å². The molecule has 1 rings (SSSR count). The lowest BCUT2D eigenvalue weighted by atomic mass is 10.1. The van der Waals surface area contributed by atoms with Gasteiger partial charge in [-0.2, -0.15) is 0 Å². The second-order valence-electron chi connectivity index (χ2n) is 3.56. The minimum atomic E-state index is -0.758. The van der Waals surface area contributed by atoms with Gasteiger partial charge in [0.25, 0.3) is 5.96 Å². The average Bonchev–Trinajstić information content (AvgIpc) is 2.20. The molecule has 8 nitrogen and oxygen atoms in total. The van der Waals surface area contributed by atoms with Crippen molar-refractivity contribution in [3.8, 4) is 0 Å². The molecular formula is C8H17N5O3. The van der Waals surface area contributed by atoms with E-state index >= 15 is 0 Å². The number of hydrazine groups is 1. The van der Waals surface area contributed by atoms with Gasteiger partial charge in [-0.15, -0.1) is 0 Å². The van der Waals surface area contributed by atoms with Crippen LogP contribution in [-0.2, 0) is 4.74 Å². The molecule has 0 saturated carbocycles. The van der Waals surface area contributed by atoms with E-state index in [1.54, 1.807) is 0 Å². The first kappa shape index (κ1) is 12.7. The predicted molar refractivity (Wildman–Crippen MR) is 57.2 cm³/mol. The molecule has 0 radical (unpaired) electrons. The Kier molecular flexibility index (Phi) is 4.44. The fourth-order valence-electron chi connectivity index (χ4n) is 1.77. The zero-order chi connectivity index (χ0) is 12.1. The Bertz CT molecular complexity index is 272. The van der Waals surface area contributed by atoms with E-state index in [0.717, 1.165) is 12.8 Å². The zero-order valence-electron chi connectivity index (χ0n) is 9.18. The molecule has 0 aliphatic carbocycles. The Morgan fingerprint density at radius 2 is 2.50 bits per heavy atom. The van der Waals surface area contributed by atoms with Gasteiger partial charge in [0.1, 0.15) is 6.23 Å². The van der Waals surface area contributed by atoms with Crippen LogP contribution in [0.5, 0.6) is 0 Å². The van der Waals surface area contributed by atoms with Crippen molar-refractivity contribution in [1.29, 1.82) is 5.41 Å². The molecule has 0 aromatic heterocycles. The van der Waals surface area contributed by atoms with Crippen LogP contribution in [0.3, 0.4) is 0 Å². The first-order valence-corrected chi connectivity index (χ1v) is 5.19. The van der Waals surface area contributed by atoms with E-state index < -0.39 is 11.3 Å². The molecular weight excluding hydrogens is 214 g/mol. The van der Waals surface area contributed by atoms with Gasteiger partial charge in [0.2, 0.25) is 0 Å². The maximum Gasteiger partial charge on any atom is 0.256 e. The molecule has 0 amide bonds. The Morgan fingerprint density at radius 1 is 1.81 bits per heavy atom. The normalized spacial score (nSPS) is 25.2. The third kappa shape index (κ3) is 3.04. The third-order valence-electron chi connectivity index (χ3n) is 2.43. The van der Waals surface area contributed by atoms with Gasteiger partial charge < -0.3 is 15.4 Å². The van der Waals surface area contributed by atoms with Crippen LogP contribution >= 0.6 is 0 Å². The van der Waals surface area contributed by atoms with Crippen molar-refractivity contribution < 1.29 is 9.77 Å². The maximum absolute atomic E-state index is 10.3. The van der Waals surface area contributed by atoms with Gasteiger partial charge in [-0.25, -0.2) is 10.1 Å². The summed E-state index contributed by atoms with van der Waals surface area (Å²) in [5.74, 6) is -0.279. The molecule has 1 heterocycles. The summed E-state index contributed by atoms with van der Waals surface area (Å²) in [5.41, 5.74) is 7.68. The van der Waals surface area contributed by atoms with Crippen LogP contribution in [0, 0.1) is 15.5 Å². The average molecular weight is 231 g/mol. The lowest BCUT2D eigenvalue weighted by Gasteiger charge is -2.39. The Balaban J connectivity index is 2.66. The molecule has 16 heavy (non-hydrogen) atoms. The van der Waals surface area contributed by atoms with E-state index in [-0.39, 0.29) is 12.0 Å². The van der Waals surface area contributed by atoms with Crippen molar-refractivity contribution in [2.24, 2.45) is 5.73 Å². The molecule has 1 aliphatic heterocycles. The number of ether oxygens (including phenoxy) is 1. The number of piperidine rings is 1. The second kappa shape index (κ2) is 5.61. The number of nitro groups is 1. The highest BCUT2D eigenvalue weighted by molar-refractivity contribution is 5.75. The highest BCUT2D eigenvalue weighted by Gasteiger charge is 2.32. The predicted octanol–water partition coefficient (Wildman–Crippen LogP) is -0.512. The maximum atomic E-state index is 10.3. The molecule has 92 valence electrons. The van der Waals surface area contributed by atoms with E-state index in [1.807, 2.05) is 12.3 Å². The van der Waals surface area contributed by atoms with Crippen LogP contribution in [-0.4, -0.2) is 41.3 Å². The molecule has 0 bridgehead atoms. The first-order valence-electron chi connectivity index (χ1n) is 5.19. The molecule has 2 atom stereocenters. The van der Waals surface area contributed by atoms with Crippen molar-refractivity contribution in [2.75, 3.05) is 13.2 Å². The first-order chi connectivity index (χ1) is 7.56. The van der Waals surface area contributed by atoms with Crippen molar-refractivity contribution in [3.05, 3.63) is 10.1 Å². The Morgan fingerprint density at radius 3 is 3.06 bits per heavy atom. The van der Waals surface area contributed by atoms with Crippen LogP contribution in [0.2, 0.25) is 0 Å². The number of nitrogens with two attached hydrogens (primary N) is 1. The second-order valence-corrected chi connectivity index (χ2v) is 3.56. The highest BCUT2D eigenvalue weighted by atomic mass is 16.7. The smallest absolute Gasteiger partial charge is 0.256 e. The van der Waals surface area contributed by atoms with Crippen molar-refractivity contribution in [3.63, 3.8) is 0 Å². The molecule has 0 aromatic carbocycles. The molecule has 8 heteroatoms. The Hall–Kier alpha value is -1.41. The largest absolute Gasteiger partial charge is 0.357 e. The van der Waals surface area contributed by atoms with E-state index in [0.29, 0.717) is 13.2 Å². The van der Waals surface area contributed by atoms with E-state index in [9.17, 15) is 10.1 Å². The van der Waals surface area contributed by atoms with Crippen LogP contribution in [0.25, 0.3) is 0 Å². The fraction of sp³-hybridized carbons (Fsp3) is 0.875. The monoisotopic (exact) mass is 231 g/mol. The summed E-state index contributed by atoms with van der Waals surface area (Å²) < 4.78 is 5.41. The van der Waals surface area contributed by atoms with E-state index in [4.69, 9.17) is 15.9 Å². The van der Waals surface area contributed by atoms with Gasteiger partial charge in [0.15, 0.2) is 5.03 Å². The molecule has 0 spiro atoms. The number of nitrogens with one attached hydrogen (secondary N) is 2. The standard InChI is InChI=1S/C8H17N5O3/c1-2-16-7-6(9)4-3-5-12(7)8(10)11-13(14)15/h6-7H,2-5,9H2,1H3,(H2,10,11)/t6-,7-/m0/s1. The number of hydrogen-bond donors (Lipinski definition) is 3. The van der Waals surface area contributed by atoms with Crippen LogP contribution in [0.4, 0.5) is 0 Å². The molecule has 1 aliphatic rings. The molecule has 4 N–H and O–H groups in total. The summed E-state index contributed by atoms with van der Waals surface area (Å²) >= 11 is 0. The molecule has 1 saturated heterocycles. The van der Waals surface area contributed by atoms with Crippen molar-refractivity contribution in [1.82, 2.24) is 10.3 Å². The van der Waals surface area contributed by atoms with Crippen LogP contribution < -0.4 is 11.2 Å². The molecule has 0 aromatic rings. The summed E-state index contributed by atoms with van der Waals surface area (Å²) in [6.45, 7) is 2.82. The summed E-state index contributed by atoms with van der Waals surface area (Å²) in [6, 6.07) is -0.220. The van der Waals surface area contributed by atoms with Gasteiger partial charge in [-0.1, -0.05) is 5.43 Å². The summed E-state index contributed by atoms with van der Waals surface area (Å²) in [5, 5.41) is 17.0. The summed E-state index contributed by atoms with van der Waals surface area (Å²) in [7, 11) is 0. The van der Waals surface area contributed by atoms with Crippen LogP contribution in [0.1, 0.15) is 19.8 Å². The van der Waals surface area contributed by atoms with E-state index in [2.05, 4.69) is 0 Å². The van der Waals surface area contributed by atoms with E-state index in [1.165, 1.54) is 4.90 Å². The number of nitrogens with zero attached hydrogens (tertiary/aromatic N) is 2. The molecule has 0 unspecified atom stereocenters. The summed E-state index contributed by atoms with van der Waals surface area (Å²) in [4.78, 5) is 11.7. The van der Waals surface area contributed by atoms with Crippen LogP contribution in [0.15, 0.2) is 0 Å². The minimum absolute atomic E-state index is 0.220. The number of guanidine groups is 1. The van der Waals surface area contributed by atoms with Gasteiger partial charge in [0, 0.05) is 19.2 Å². The fourth-order valence-corrected chi connectivity index (χ4v) is 1.77. The number of hydrogen-bond acceptors (Lipinski definition) is 5. The lowest BCUT2D eigenvalue weighted by molar-refractivity contribution is -0.527. The third-order valence-corrected chi connectivity index (χ3v) is 2.43. The van der Waals surface area contributed by atoms with Gasteiger partial charge in [-0.3, -0.25) is 5.41 Å². The summed E-state index contributed by atoms with van der Waals surface area (Å²) in [6.07, 6.45) is 1.14. The number of rotatable bonds is 3. The zero-order valence-corrected chi connectivity index (χ0v) is 9.18. The molecule has 1 fully saturated rings. The quantitative estimate of drug-likeness (QED) is 0.260. The van der Waals surface area contributed by atoms with Gasteiger partial charge in [-0.05, 0) is 19.8 Å². The lowest BCUT2D eigenvalue weighted by Crippen LogP contribution is -2.58. The van der Waals surface area contributed by atoms with Gasteiger partial charge in [0.05, 0.1) is 0 Å². The highest BCUT2D eigenvalue weighted by Crippen LogP contribution is 2.16. The Labute approximate surface area is 93.4 Å². The SMILES string of the molecule is CCO[C@H]1[C@@H](N)CCCN1C(=N)N[N+](=O)[O-].